The van der Waals surface area contributed by atoms with Crippen LogP contribution in [0, 0.1) is 5.41 Å². The summed E-state index contributed by atoms with van der Waals surface area (Å²) in [6.45, 7) is 4.20. The predicted molar refractivity (Wildman–Crippen MR) is 62.3 cm³/mol. The molecule has 0 bridgehead atoms. The third-order valence-corrected chi connectivity index (χ3v) is 2.21. The van der Waals surface area contributed by atoms with Crippen LogP contribution in [0.5, 0.6) is 0 Å². The summed E-state index contributed by atoms with van der Waals surface area (Å²) < 4.78 is 0. The number of hydrogen-bond donors (Lipinski definition) is 3. The highest BCUT2D eigenvalue weighted by molar-refractivity contribution is 5.78. The summed E-state index contributed by atoms with van der Waals surface area (Å²) in [4.78, 5) is 33.4. The molecule has 0 heterocycles. The molecule has 0 rings (SSSR count). The first-order chi connectivity index (χ1) is 8.03. The van der Waals surface area contributed by atoms with Gasteiger partial charge >= 0.3 is 17.9 Å². The highest BCUT2D eigenvalue weighted by Gasteiger charge is 2.32. The van der Waals surface area contributed by atoms with Gasteiger partial charge in [-0.2, -0.15) is 0 Å². The van der Waals surface area contributed by atoms with Crippen molar-refractivity contribution in [3.05, 3.63) is 0 Å². The van der Waals surface area contributed by atoms with Crippen molar-refractivity contribution >= 4 is 17.9 Å². The zero-order valence-electron chi connectivity index (χ0n) is 10.7. The molecule has 1 unspecified atom stereocenters. The van der Waals surface area contributed by atoms with Gasteiger partial charge in [-0.05, 0) is 11.8 Å². The standard InChI is InChI=1S/C11H19NO6/c1-11(2,3)4-7(10(17)18)12(5-8(13)14)6-9(15)16/h7H,4-6H2,1-3H3,(H,13,14)(H,15,16)(H,17,18). The first kappa shape index (κ1) is 16.4. The first-order valence-corrected chi connectivity index (χ1v) is 5.43. The largest absolute Gasteiger partial charge is 0.480 e. The summed E-state index contributed by atoms with van der Waals surface area (Å²) in [5.41, 5.74) is -0.349. The molecule has 1 atom stereocenters. The van der Waals surface area contributed by atoms with Crippen molar-refractivity contribution in [1.82, 2.24) is 4.90 Å². The molecule has 0 aliphatic rings. The van der Waals surface area contributed by atoms with Gasteiger partial charge in [0.15, 0.2) is 0 Å². The summed E-state index contributed by atoms with van der Waals surface area (Å²) in [5.74, 6) is -3.72. The molecular weight excluding hydrogens is 242 g/mol. The number of rotatable bonds is 7. The van der Waals surface area contributed by atoms with Crippen LogP contribution >= 0.6 is 0 Å². The fourth-order valence-corrected chi connectivity index (χ4v) is 1.58. The Balaban J connectivity index is 5.02. The van der Waals surface area contributed by atoms with Gasteiger partial charge in [0.1, 0.15) is 6.04 Å². The highest BCUT2D eigenvalue weighted by Crippen LogP contribution is 2.23. The summed E-state index contributed by atoms with van der Waals surface area (Å²) in [6.07, 6.45) is 0.170. The van der Waals surface area contributed by atoms with Gasteiger partial charge in [0.2, 0.25) is 0 Å². The van der Waals surface area contributed by atoms with Crippen molar-refractivity contribution in [1.29, 1.82) is 0 Å². The summed E-state index contributed by atoms with van der Waals surface area (Å²) in [6, 6.07) is -1.13. The molecule has 0 aromatic rings. The lowest BCUT2D eigenvalue weighted by atomic mass is 9.87. The van der Waals surface area contributed by atoms with E-state index < -0.39 is 37.0 Å². The molecule has 7 heteroatoms. The van der Waals surface area contributed by atoms with Crippen LogP contribution in [0.1, 0.15) is 27.2 Å². The Morgan fingerprint density at radius 3 is 1.61 bits per heavy atom. The molecule has 0 aliphatic carbocycles. The van der Waals surface area contributed by atoms with Gasteiger partial charge in [-0.1, -0.05) is 20.8 Å². The van der Waals surface area contributed by atoms with Crippen LogP contribution < -0.4 is 0 Å². The normalized spacial score (nSPS) is 13.3. The molecule has 0 amide bonds. The molecular formula is C11H19NO6. The van der Waals surface area contributed by atoms with Crippen molar-refractivity contribution in [3.63, 3.8) is 0 Å². The minimum atomic E-state index is -1.25. The summed E-state index contributed by atoms with van der Waals surface area (Å²) >= 11 is 0. The van der Waals surface area contributed by atoms with Crippen LogP contribution in [0.25, 0.3) is 0 Å². The number of carbonyl (C=O) groups is 3. The second-order valence-corrected chi connectivity index (χ2v) is 5.31. The van der Waals surface area contributed by atoms with Crippen molar-refractivity contribution in [2.24, 2.45) is 5.41 Å². The smallest absolute Gasteiger partial charge is 0.320 e. The van der Waals surface area contributed by atoms with E-state index in [1.165, 1.54) is 0 Å². The second kappa shape index (κ2) is 6.34. The van der Waals surface area contributed by atoms with Crippen LogP contribution in [-0.2, 0) is 14.4 Å². The Bertz CT molecular complexity index is 317. The highest BCUT2D eigenvalue weighted by atomic mass is 16.4. The molecule has 104 valence electrons. The molecule has 0 radical (unpaired) electrons. The van der Waals surface area contributed by atoms with E-state index in [0.717, 1.165) is 4.90 Å². The maximum atomic E-state index is 11.2. The number of carboxylic acids is 3. The van der Waals surface area contributed by atoms with Crippen LogP contribution in [0.15, 0.2) is 0 Å². The maximum Gasteiger partial charge on any atom is 0.320 e. The van der Waals surface area contributed by atoms with Crippen LogP contribution in [0.3, 0.4) is 0 Å². The Morgan fingerprint density at radius 2 is 1.39 bits per heavy atom. The fourth-order valence-electron chi connectivity index (χ4n) is 1.58. The first-order valence-electron chi connectivity index (χ1n) is 5.43. The Labute approximate surface area is 105 Å². The summed E-state index contributed by atoms with van der Waals surface area (Å²) in [7, 11) is 0. The van der Waals surface area contributed by atoms with E-state index in [1.807, 2.05) is 20.8 Å². The van der Waals surface area contributed by atoms with E-state index in [1.54, 1.807) is 0 Å². The molecule has 0 aromatic carbocycles. The zero-order chi connectivity index (χ0) is 14.5. The van der Waals surface area contributed by atoms with E-state index >= 15 is 0 Å². The third-order valence-electron chi connectivity index (χ3n) is 2.21. The summed E-state index contributed by atoms with van der Waals surface area (Å²) in [5, 5.41) is 26.5. The fraction of sp³-hybridized carbons (Fsp3) is 0.727. The van der Waals surface area contributed by atoms with Gasteiger partial charge in [0.05, 0.1) is 13.1 Å². The van der Waals surface area contributed by atoms with Crippen molar-refractivity contribution in [2.45, 2.75) is 33.2 Å². The van der Waals surface area contributed by atoms with E-state index in [9.17, 15) is 14.4 Å². The molecule has 0 aliphatic heterocycles. The van der Waals surface area contributed by atoms with Gasteiger partial charge in [-0.25, -0.2) is 0 Å². The molecule has 3 N–H and O–H groups in total. The van der Waals surface area contributed by atoms with E-state index in [-0.39, 0.29) is 11.8 Å². The molecule has 0 fully saturated rings. The molecule has 0 saturated carbocycles. The van der Waals surface area contributed by atoms with Crippen molar-refractivity contribution in [3.8, 4) is 0 Å². The van der Waals surface area contributed by atoms with Gasteiger partial charge in [0.25, 0.3) is 0 Å². The predicted octanol–water partition coefficient (Wildman–Crippen LogP) is 0.347. The topological polar surface area (TPSA) is 115 Å². The molecule has 0 saturated heterocycles. The molecule has 18 heavy (non-hydrogen) atoms. The number of carboxylic acid groups (broad SMARTS) is 3. The van der Waals surface area contributed by atoms with Gasteiger partial charge in [-0.15, -0.1) is 0 Å². The van der Waals surface area contributed by atoms with E-state index in [2.05, 4.69) is 0 Å². The number of aliphatic carboxylic acids is 3. The average molecular weight is 261 g/mol. The maximum absolute atomic E-state index is 11.2. The minimum absolute atomic E-state index is 0.170. The lowest BCUT2D eigenvalue weighted by Gasteiger charge is -2.30. The van der Waals surface area contributed by atoms with Crippen LogP contribution in [-0.4, -0.2) is 57.3 Å². The van der Waals surface area contributed by atoms with E-state index in [0.29, 0.717) is 0 Å². The second-order valence-electron chi connectivity index (χ2n) is 5.31. The monoisotopic (exact) mass is 261 g/mol. The third kappa shape index (κ3) is 6.85. The number of nitrogens with zero attached hydrogens (tertiary/aromatic N) is 1. The van der Waals surface area contributed by atoms with E-state index in [4.69, 9.17) is 15.3 Å². The lowest BCUT2D eigenvalue weighted by molar-refractivity contribution is -0.150. The SMILES string of the molecule is CC(C)(C)CC(C(=O)O)N(CC(=O)O)CC(=O)O. The zero-order valence-corrected chi connectivity index (χ0v) is 10.7. The molecule has 0 aromatic heterocycles. The van der Waals surface area contributed by atoms with Gasteiger partial charge < -0.3 is 15.3 Å². The van der Waals surface area contributed by atoms with Crippen LogP contribution in [0.2, 0.25) is 0 Å². The quantitative estimate of drug-likeness (QED) is 0.605. The minimum Gasteiger partial charge on any atom is -0.480 e. The van der Waals surface area contributed by atoms with Crippen molar-refractivity contribution < 1.29 is 29.7 Å². The number of hydrogen-bond acceptors (Lipinski definition) is 4. The lowest BCUT2D eigenvalue weighted by Crippen LogP contribution is -2.48. The Kier molecular flexibility index (Phi) is 5.77. The van der Waals surface area contributed by atoms with Crippen LogP contribution in [0.4, 0.5) is 0 Å². The average Bonchev–Trinajstić information content (AvgIpc) is 2.09. The van der Waals surface area contributed by atoms with Gasteiger partial charge in [0, 0.05) is 0 Å². The Morgan fingerprint density at radius 1 is 1.00 bits per heavy atom. The molecule has 7 nitrogen and oxygen atoms in total. The molecule has 0 spiro atoms. The van der Waals surface area contributed by atoms with Crippen molar-refractivity contribution in [2.75, 3.05) is 13.1 Å². The van der Waals surface area contributed by atoms with Gasteiger partial charge in [-0.3, -0.25) is 19.3 Å². The Hall–Kier alpha value is -1.63.